The molecule has 0 saturated heterocycles. The van der Waals surface area contributed by atoms with E-state index in [1.165, 1.54) is 6.33 Å². The van der Waals surface area contributed by atoms with Crippen LogP contribution in [0.25, 0.3) is 0 Å². The van der Waals surface area contributed by atoms with Crippen molar-refractivity contribution in [3.63, 3.8) is 0 Å². The molecule has 0 radical (unpaired) electrons. The Balaban J connectivity index is 2.38. The Bertz CT molecular complexity index is 565. The van der Waals surface area contributed by atoms with Crippen LogP contribution in [0.4, 0.5) is 11.5 Å². The predicted octanol–water partition coefficient (Wildman–Crippen LogP) is 4.89. The van der Waals surface area contributed by atoms with Crippen LogP contribution in [0, 0.1) is 3.57 Å². The molecular weight excluding hydrogens is 440 g/mol. The van der Waals surface area contributed by atoms with E-state index in [0.29, 0.717) is 21.6 Å². The van der Waals surface area contributed by atoms with Crippen molar-refractivity contribution in [3.8, 4) is 0 Å². The van der Waals surface area contributed by atoms with Crippen LogP contribution < -0.4 is 5.32 Å². The molecule has 1 heterocycles. The smallest absolute Gasteiger partial charge is 0.147 e. The first-order chi connectivity index (χ1) is 8.09. The van der Waals surface area contributed by atoms with Crippen molar-refractivity contribution >= 4 is 73.2 Å². The molecule has 7 heteroatoms. The van der Waals surface area contributed by atoms with Gasteiger partial charge in [-0.2, -0.15) is 0 Å². The average molecular weight is 445 g/mol. The van der Waals surface area contributed by atoms with E-state index in [9.17, 15) is 0 Å². The highest BCUT2D eigenvalue weighted by molar-refractivity contribution is 14.1. The van der Waals surface area contributed by atoms with Gasteiger partial charge in [-0.15, -0.1) is 0 Å². The summed E-state index contributed by atoms with van der Waals surface area (Å²) >= 11 is 17.6. The minimum Gasteiger partial charge on any atom is -0.338 e. The maximum absolute atomic E-state index is 6.13. The van der Waals surface area contributed by atoms with Crippen LogP contribution in [0.15, 0.2) is 29.1 Å². The molecule has 2 rings (SSSR count). The van der Waals surface area contributed by atoms with E-state index in [4.69, 9.17) is 23.2 Å². The molecule has 0 unspecified atom stereocenters. The number of halogens is 4. The van der Waals surface area contributed by atoms with Crippen molar-refractivity contribution < 1.29 is 0 Å². The third-order valence-corrected chi connectivity index (χ3v) is 4.52. The van der Waals surface area contributed by atoms with Gasteiger partial charge < -0.3 is 5.32 Å². The van der Waals surface area contributed by atoms with E-state index in [1.54, 1.807) is 6.20 Å². The summed E-state index contributed by atoms with van der Waals surface area (Å²) in [6.45, 7) is 0. The van der Waals surface area contributed by atoms with Gasteiger partial charge in [0.1, 0.15) is 12.1 Å². The van der Waals surface area contributed by atoms with Crippen molar-refractivity contribution in [1.29, 1.82) is 0 Å². The number of benzene rings is 1. The SMILES string of the molecule is Clc1c(Br)ccc(Nc2ncncc2I)c1Cl. The van der Waals surface area contributed by atoms with E-state index in [1.807, 2.05) is 12.1 Å². The number of hydrogen-bond donors (Lipinski definition) is 1. The van der Waals surface area contributed by atoms with Crippen LogP contribution in [0.3, 0.4) is 0 Å². The minimum absolute atomic E-state index is 0.454. The fourth-order valence-corrected chi connectivity index (χ4v) is 2.41. The Kier molecular flexibility index (Phi) is 4.46. The number of anilines is 2. The van der Waals surface area contributed by atoms with Gasteiger partial charge in [0.2, 0.25) is 0 Å². The average Bonchev–Trinajstić information content (AvgIpc) is 2.32. The van der Waals surface area contributed by atoms with Crippen LogP contribution in [0.5, 0.6) is 0 Å². The molecular formula is C10H5BrCl2IN3. The monoisotopic (exact) mass is 443 g/mol. The van der Waals surface area contributed by atoms with Crippen molar-refractivity contribution in [2.24, 2.45) is 0 Å². The zero-order chi connectivity index (χ0) is 12.4. The molecule has 0 aliphatic heterocycles. The molecule has 88 valence electrons. The van der Waals surface area contributed by atoms with E-state index in [0.717, 1.165) is 8.04 Å². The molecule has 0 saturated carbocycles. The number of aromatic nitrogens is 2. The van der Waals surface area contributed by atoms with E-state index in [2.05, 4.69) is 53.8 Å². The summed E-state index contributed by atoms with van der Waals surface area (Å²) in [7, 11) is 0. The number of nitrogens with one attached hydrogen (secondary N) is 1. The molecule has 1 N–H and O–H groups in total. The lowest BCUT2D eigenvalue weighted by atomic mass is 10.3. The summed E-state index contributed by atoms with van der Waals surface area (Å²) in [5.74, 6) is 0.695. The van der Waals surface area contributed by atoms with Gasteiger partial charge in [0.05, 0.1) is 19.3 Å². The highest BCUT2D eigenvalue weighted by Gasteiger charge is 2.10. The molecule has 3 nitrogen and oxygen atoms in total. The fourth-order valence-electron chi connectivity index (χ4n) is 1.15. The lowest BCUT2D eigenvalue weighted by Gasteiger charge is -2.10. The normalized spacial score (nSPS) is 10.4. The first kappa shape index (κ1) is 13.3. The lowest BCUT2D eigenvalue weighted by Crippen LogP contribution is -1.97. The van der Waals surface area contributed by atoms with Crippen LogP contribution in [-0.2, 0) is 0 Å². The maximum Gasteiger partial charge on any atom is 0.147 e. The maximum atomic E-state index is 6.13. The van der Waals surface area contributed by atoms with Gasteiger partial charge in [0.25, 0.3) is 0 Å². The third kappa shape index (κ3) is 3.01. The summed E-state index contributed by atoms with van der Waals surface area (Å²) in [6, 6.07) is 3.65. The third-order valence-electron chi connectivity index (χ3n) is 1.96. The topological polar surface area (TPSA) is 37.8 Å². The molecule has 0 bridgehead atoms. The minimum atomic E-state index is 0.454. The van der Waals surface area contributed by atoms with Gasteiger partial charge in [0, 0.05) is 10.7 Å². The molecule has 1 aromatic carbocycles. The Hall–Kier alpha value is -0.110. The van der Waals surface area contributed by atoms with E-state index in [-0.39, 0.29) is 0 Å². The van der Waals surface area contributed by atoms with Crippen molar-refractivity contribution in [2.75, 3.05) is 5.32 Å². The highest BCUT2D eigenvalue weighted by atomic mass is 127. The summed E-state index contributed by atoms with van der Waals surface area (Å²) in [5, 5.41) is 4.04. The summed E-state index contributed by atoms with van der Waals surface area (Å²) in [4.78, 5) is 8.04. The van der Waals surface area contributed by atoms with Crippen LogP contribution in [0.2, 0.25) is 10.0 Å². The van der Waals surface area contributed by atoms with Crippen LogP contribution >= 0.6 is 61.7 Å². The second-order valence-electron chi connectivity index (χ2n) is 3.07. The summed E-state index contributed by atoms with van der Waals surface area (Å²) < 4.78 is 1.66. The Morgan fingerprint density at radius 1 is 1.24 bits per heavy atom. The molecule has 0 atom stereocenters. The molecule has 0 fully saturated rings. The van der Waals surface area contributed by atoms with Gasteiger partial charge in [-0.3, -0.25) is 0 Å². The number of hydrogen-bond acceptors (Lipinski definition) is 3. The predicted molar refractivity (Wildman–Crippen MR) is 82.2 cm³/mol. The second kappa shape index (κ2) is 5.69. The highest BCUT2D eigenvalue weighted by Crippen LogP contribution is 2.37. The Morgan fingerprint density at radius 2 is 2.00 bits per heavy atom. The van der Waals surface area contributed by atoms with Crippen LogP contribution in [0.1, 0.15) is 0 Å². The molecule has 0 spiro atoms. The zero-order valence-electron chi connectivity index (χ0n) is 8.22. The molecule has 0 amide bonds. The Morgan fingerprint density at radius 3 is 2.71 bits per heavy atom. The fraction of sp³-hybridized carbons (Fsp3) is 0. The first-order valence-corrected chi connectivity index (χ1v) is 7.08. The molecule has 17 heavy (non-hydrogen) atoms. The Labute approximate surface area is 130 Å². The van der Waals surface area contributed by atoms with Crippen molar-refractivity contribution in [2.45, 2.75) is 0 Å². The second-order valence-corrected chi connectivity index (χ2v) is 5.84. The molecule has 0 aliphatic rings. The van der Waals surface area contributed by atoms with Gasteiger partial charge in [-0.1, -0.05) is 23.2 Å². The first-order valence-electron chi connectivity index (χ1n) is 4.45. The standard InChI is InChI=1S/C10H5BrCl2IN3/c11-5-1-2-7(9(13)8(5)12)17-10-6(14)3-15-4-16-10/h1-4H,(H,15,16,17). The van der Waals surface area contributed by atoms with Crippen molar-refractivity contribution in [1.82, 2.24) is 9.97 Å². The largest absolute Gasteiger partial charge is 0.338 e. The summed E-state index contributed by atoms with van der Waals surface area (Å²) in [6.07, 6.45) is 3.18. The quantitative estimate of drug-likeness (QED) is 0.529. The van der Waals surface area contributed by atoms with E-state index >= 15 is 0 Å². The van der Waals surface area contributed by atoms with Gasteiger partial charge in [-0.05, 0) is 50.7 Å². The number of rotatable bonds is 2. The van der Waals surface area contributed by atoms with Crippen LogP contribution in [-0.4, -0.2) is 9.97 Å². The van der Waals surface area contributed by atoms with Crippen molar-refractivity contribution in [3.05, 3.63) is 42.7 Å². The number of nitrogens with zero attached hydrogens (tertiary/aromatic N) is 2. The summed E-state index contributed by atoms with van der Waals surface area (Å²) in [5.41, 5.74) is 0.705. The zero-order valence-corrected chi connectivity index (χ0v) is 13.5. The van der Waals surface area contributed by atoms with E-state index < -0.39 is 0 Å². The van der Waals surface area contributed by atoms with Gasteiger partial charge in [-0.25, -0.2) is 9.97 Å². The van der Waals surface area contributed by atoms with Gasteiger partial charge in [0.15, 0.2) is 0 Å². The molecule has 0 aliphatic carbocycles. The lowest BCUT2D eigenvalue weighted by molar-refractivity contribution is 1.15. The van der Waals surface area contributed by atoms with Gasteiger partial charge >= 0.3 is 0 Å². The molecule has 1 aromatic heterocycles. The molecule has 2 aromatic rings.